The van der Waals surface area contributed by atoms with E-state index < -0.39 is 0 Å². The van der Waals surface area contributed by atoms with Gasteiger partial charge >= 0.3 is 0 Å². The van der Waals surface area contributed by atoms with Crippen molar-refractivity contribution in [1.82, 2.24) is 16.2 Å². The van der Waals surface area contributed by atoms with Gasteiger partial charge in [0.2, 0.25) is 0 Å². The average Bonchev–Trinajstić information content (AvgIpc) is 2.66. The lowest BCUT2D eigenvalue weighted by molar-refractivity contribution is -0.906. The Morgan fingerprint density at radius 1 is 1.24 bits per heavy atom. The molecular weight excluding hydrogens is 342 g/mol. The van der Waals surface area contributed by atoms with Gasteiger partial charge in [0.05, 0.1) is 40.0 Å². The van der Waals surface area contributed by atoms with Crippen LogP contribution in [0.25, 0.3) is 0 Å². The highest BCUT2D eigenvalue weighted by Crippen LogP contribution is 2.14. The number of nitrogens with one attached hydrogen (secondary N) is 5. The lowest BCUT2D eigenvalue weighted by Crippen LogP contribution is -3.14. The van der Waals surface area contributed by atoms with Gasteiger partial charge in [-0.15, -0.1) is 0 Å². The Morgan fingerprint density at radius 3 is 2.64 bits per heavy atom. The second-order valence-electron chi connectivity index (χ2n) is 5.62. The summed E-state index contributed by atoms with van der Waals surface area (Å²) in [6.07, 6.45) is 0. The van der Waals surface area contributed by atoms with Gasteiger partial charge in [-0.3, -0.25) is 15.6 Å². The highest BCUT2D eigenvalue weighted by atomic mass is 32.1. The van der Waals surface area contributed by atoms with Crippen molar-refractivity contribution >= 4 is 28.9 Å². The normalized spacial score (nSPS) is 14.4. The van der Waals surface area contributed by atoms with Crippen molar-refractivity contribution in [2.75, 3.05) is 58.4 Å². The molecule has 9 heteroatoms. The van der Waals surface area contributed by atoms with Crippen LogP contribution < -0.4 is 31.1 Å². The quantitative estimate of drug-likeness (QED) is 0.296. The van der Waals surface area contributed by atoms with Crippen LogP contribution >= 0.6 is 12.2 Å². The van der Waals surface area contributed by atoms with Gasteiger partial charge in [-0.2, -0.15) is 0 Å². The van der Waals surface area contributed by atoms with E-state index in [9.17, 15) is 4.79 Å². The van der Waals surface area contributed by atoms with Crippen LogP contribution in [-0.2, 0) is 9.53 Å². The van der Waals surface area contributed by atoms with E-state index in [1.807, 2.05) is 24.3 Å². The molecule has 0 aliphatic carbocycles. The Morgan fingerprint density at radius 2 is 1.96 bits per heavy atom. The lowest BCUT2D eigenvalue weighted by Gasteiger charge is -2.24. The van der Waals surface area contributed by atoms with Crippen molar-refractivity contribution in [3.8, 4) is 5.75 Å². The number of carbonyl (C=O) groups excluding carboxylic acids is 1. The first-order valence-electron chi connectivity index (χ1n) is 8.29. The second-order valence-corrected chi connectivity index (χ2v) is 6.03. The number of morpholine rings is 1. The zero-order valence-electron chi connectivity index (χ0n) is 14.4. The van der Waals surface area contributed by atoms with Crippen LogP contribution in [0.5, 0.6) is 5.75 Å². The van der Waals surface area contributed by atoms with E-state index in [4.69, 9.17) is 21.7 Å². The third kappa shape index (κ3) is 7.55. The summed E-state index contributed by atoms with van der Waals surface area (Å²) in [5.41, 5.74) is 6.10. The number of amides is 1. The molecule has 1 saturated heterocycles. The topological polar surface area (TPSA) is 88.1 Å². The van der Waals surface area contributed by atoms with Gasteiger partial charge in [-0.25, -0.2) is 0 Å². The highest BCUT2D eigenvalue weighted by Gasteiger charge is 2.12. The van der Waals surface area contributed by atoms with Crippen LogP contribution in [0.15, 0.2) is 24.3 Å². The molecule has 0 aromatic heterocycles. The van der Waals surface area contributed by atoms with Gasteiger partial charge in [-0.1, -0.05) is 0 Å². The molecule has 1 amide bonds. The molecule has 25 heavy (non-hydrogen) atoms. The van der Waals surface area contributed by atoms with Gasteiger partial charge in [0.25, 0.3) is 5.91 Å². The maximum atomic E-state index is 11.8. The van der Waals surface area contributed by atoms with Crippen molar-refractivity contribution in [2.45, 2.75) is 0 Å². The summed E-state index contributed by atoms with van der Waals surface area (Å²) in [7, 11) is 1.61. The number of benzene rings is 1. The van der Waals surface area contributed by atoms with Crippen LogP contribution in [-0.4, -0.2) is 64.1 Å². The number of anilines is 1. The molecule has 1 aromatic rings. The van der Waals surface area contributed by atoms with Crippen LogP contribution in [0, 0.1) is 0 Å². The third-order valence-corrected chi connectivity index (χ3v) is 4.07. The van der Waals surface area contributed by atoms with Crippen molar-refractivity contribution in [3.63, 3.8) is 0 Å². The molecule has 0 saturated carbocycles. The predicted octanol–water partition coefficient (Wildman–Crippen LogP) is -1.48. The molecule has 0 atom stereocenters. The number of hydrazine groups is 1. The molecule has 0 spiro atoms. The Balaban J connectivity index is 1.54. The Kier molecular flexibility index (Phi) is 8.23. The zero-order chi connectivity index (χ0) is 17.9. The predicted molar refractivity (Wildman–Crippen MR) is 99.7 cm³/mol. The minimum absolute atomic E-state index is 0.139. The third-order valence-electron chi connectivity index (χ3n) is 3.82. The van der Waals surface area contributed by atoms with E-state index in [1.165, 1.54) is 4.90 Å². The number of hydrogen-bond donors (Lipinski definition) is 5. The maximum Gasteiger partial charge on any atom is 0.257 e. The maximum absolute atomic E-state index is 11.8. The molecule has 0 unspecified atom stereocenters. The summed E-state index contributed by atoms with van der Waals surface area (Å²) in [5.74, 6) is 0.561. The molecule has 1 aromatic carbocycles. The SMILES string of the molecule is COc1ccc(NCC(=O)NNC(=S)NCC[NH+]2CCOCC2)cc1. The van der Waals surface area contributed by atoms with Gasteiger partial charge < -0.3 is 25.0 Å². The van der Waals surface area contributed by atoms with Crippen LogP contribution in [0.1, 0.15) is 0 Å². The van der Waals surface area contributed by atoms with E-state index in [2.05, 4.69) is 21.5 Å². The van der Waals surface area contributed by atoms with Gasteiger partial charge in [0, 0.05) is 5.69 Å². The molecule has 1 aliphatic rings. The number of carbonyl (C=O) groups is 1. The second kappa shape index (κ2) is 10.7. The number of ether oxygens (including phenoxy) is 2. The molecule has 5 N–H and O–H groups in total. The van der Waals surface area contributed by atoms with Crippen LogP contribution in [0.4, 0.5) is 5.69 Å². The van der Waals surface area contributed by atoms with Crippen LogP contribution in [0.2, 0.25) is 0 Å². The molecule has 1 aliphatic heterocycles. The van der Waals surface area contributed by atoms with E-state index in [1.54, 1.807) is 7.11 Å². The molecule has 1 fully saturated rings. The fraction of sp³-hybridized carbons (Fsp3) is 0.500. The van der Waals surface area contributed by atoms with E-state index in [0.717, 1.165) is 50.8 Å². The van der Waals surface area contributed by atoms with Crippen molar-refractivity contribution in [2.24, 2.45) is 0 Å². The molecule has 8 nitrogen and oxygen atoms in total. The summed E-state index contributed by atoms with van der Waals surface area (Å²) in [6, 6.07) is 7.35. The lowest BCUT2D eigenvalue weighted by atomic mass is 10.3. The van der Waals surface area contributed by atoms with Crippen molar-refractivity contribution < 1.29 is 19.2 Å². The van der Waals surface area contributed by atoms with E-state index in [-0.39, 0.29) is 12.5 Å². The number of hydrogen-bond acceptors (Lipinski definition) is 5. The number of quaternary nitrogens is 1. The van der Waals surface area contributed by atoms with Crippen molar-refractivity contribution in [1.29, 1.82) is 0 Å². The first-order chi connectivity index (χ1) is 12.2. The zero-order valence-corrected chi connectivity index (χ0v) is 15.2. The molecule has 1 heterocycles. The van der Waals surface area contributed by atoms with Gasteiger partial charge in [0.1, 0.15) is 18.8 Å². The molecule has 0 radical (unpaired) electrons. The Bertz CT molecular complexity index is 549. The van der Waals surface area contributed by atoms with E-state index >= 15 is 0 Å². The number of methoxy groups -OCH3 is 1. The number of thiocarbonyl (C=S) groups is 1. The Labute approximate surface area is 153 Å². The van der Waals surface area contributed by atoms with Gasteiger partial charge in [-0.05, 0) is 36.5 Å². The summed E-state index contributed by atoms with van der Waals surface area (Å²) in [6.45, 7) is 5.54. The largest absolute Gasteiger partial charge is 0.497 e. The monoisotopic (exact) mass is 368 g/mol. The summed E-state index contributed by atoms with van der Waals surface area (Å²) >= 11 is 5.14. The minimum Gasteiger partial charge on any atom is -0.497 e. The molecule has 2 rings (SSSR count). The van der Waals surface area contributed by atoms with Crippen molar-refractivity contribution in [3.05, 3.63) is 24.3 Å². The summed E-state index contributed by atoms with van der Waals surface area (Å²) in [4.78, 5) is 13.3. The molecule has 0 bridgehead atoms. The fourth-order valence-electron chi connectivity index (χ4n) is 2.37. The average molecular weight is 368 g/mol. The van der Waals surface area contributed by atoms with Gasteiger partial charge in [0.15, 0.2) is 5.11 Å². The fourth-order valence-corrected chi connectivity index (χ4v) is 2.52. The minimum atomic E-state index is -0.209. The summed E-state index contributed by atoms with van der Waals surface area (Å²) in [5, 5.41) is 6.51. The summed E-state index contributed by atoms with van der Waals surface area (Å²) < 4.78 is 10.4. The number of rotatable bonds is 7. The highest BCUT2D eigenvalue weighted by molar-refractivity contribution is 7.80. The van der Waals surface area contributed by atoms with Crippen LogP contribution in [0.3, 0.4) is 0 Å². The molecular formula is C16H26N5O3S+. The first kappa shape index (κ1) is 19.2. The van der Waals surface area contributed by atoms with E-state index in [0.29, 0.717) is 5.11 Å². The Hall–Kier alpha value is -2.10. The molecule has 138 valence electrons. The smallest absolute Gasteiger partial charge is 0.257 e. The first-order valence-corrected chi connectivity index (χ1v) is 8.70. The standard InChI is InChI=1S/C16H25N5O3S/c1-23-14-4-2-13(3-5-14)18-12-15(22)19-20-16(25)17-6-7-21-8-10-24-11-9-21/h2-5,18H,6-12H2,1H3,(H,19,22)(H2,17,20,25)/p+1.